The average Bonchev–Trinajstić information content (AvgIpc) is 2.45. The van der Waals surface area contributed by atoms with Crippen molar-refractivity contribution < 1.29 is 8.42 Å². The van der Waals surface area contributed by atoms with Gasteiger partial charge in [-0.05, 0) is 37.0 Å². The van der Waals surface area contributed by atoms with Gasteiger partial charge in [-0.1, -0.05) is 31.5 Å². The van der Waals surface area contributed by atoms with Crippen LogP contribution in [0.4, 0.5) is 0 Å². The summed E-state index contributed by atoms with van der Waals surface area (Å²) in [6.07, 6.45) is 0. The highest BCUT2D eigenvalue weighted by Gasteiger charge is 2.29. The maximum Gasteiger partial charge on any atom is 0.181 e. The summed E-state index contributed by atoms with van der Waals surface area (Å²) in [5, 5.41) is 0.372. The number of fused-ring (bicyclic) bond motifs is 1. The summed E-state index contributed by atoms with van der Waals surface area (Å²) in [7, 11) is -3.29. The molecule has 1 aromatic rings. The summed E-state index contributed by atoms with van der Waals surface area (Å²) >= 11 is 6.28. The van der Waals surface area contributed by atoms with E-state index < -0.39 is 9.84 Å². The maximum atomic E-state index is 12.5. The zero-order valence-corrected chi connectivity index (χ0v) is 14.1. The number of rotatable bonds is 2. The topological polar surface area (TPSA) is 37.4 Å². The Morgan fingerprint density at radius 1 is 1.20 bits per heavy atom. The molecule has 5 heteroatoms. The molecule has 0 bridgehead atoms. The molecule has 0 unspecified atom stereocenters. The first-order valence-corrected chi connectivity index (χ1v) is 9.04. The lowest BCUT2D eigenvalue weighted by Gasteiger charge is -2.24. The molecular formula is C15H22ClNO2S. The molecular weight excluding hydrogens is 294 g/mol. The lowest BCUT2D eigenvalue weighted by molar-refractivity contribution is 0.227. The van der Waals surface area contributed by atoms with Gasteiger partial charge in [0.1, 0.15) is 0 Å². The van der Waals surface area contributed by atoms with Gasteiger partial charge in [-0.3, -0.25) is 4.90 Å². The molecule has 0 saturated heterocycles. The van der Waals surface area contributed by atoms with E-state index in [0.717, 1.165) is 11.1 Å². The van der Waals surface area contributed by atoms with Crippen molar-refractivity contribution in [2.45, 2.75) is 51.1 Å². The molecule has 20 heavy (non-hydrogen) atoms. The molecule has 0 fully saturated rings. The molecule has 3 nitrogen and oxygen atoms in total. The van der Waals surface area contributed by atoms with Crippen LogP contribution in [0.15, 0.2) is 17.0 Å². The first kappa shape index (κ1) is 15.8. The van der Waals surface area contributed by atoms with Crippen molar-refractivity contribution in [1.82, 2.24) is 4.90 Å². The lowest BCUT2D eigenvalue weighted by Crippen LogP contribution is -2.32. The van der Waals surface area contributed by atoms with Crippen molar-refractivity contribution in [2.75, 3.05) is 12.3 Å². The third-order valence-corrected chi connectivity index (χ3v) is 6.11. The Kier molecular flexibility index (Phi) is 4.47. The van der Waals surface area contributed by atoms with Crippen molar-refractivity contribution in [3.05, 3.63) is 28.3 Å². The van der Waals surface area contributed by atoms with Gasteiger partial charge in [0.25, 0.3) is 0 Å². The van der Waals surface area contributed by atoms with E-state index in [1.165, 1.54) is 0 Å². The van der Waals surface area contributed by atoms with E-state index in [4.69, 9.17) is 11.6 Å². The number of hydrogen-bond donors (Lipinski definition) is 0. The summed E-state index contributed by atoms with van der Waals surface area (Å²) in [4.78, 5) is 2.52. The Morgan fingerprint density at radius 3 is 2.40 bits per heavy atom. The minimum atomic E-state index is -3.29. The minimum Gasteiger partial charge on any atom is -0.296 e. The average molecular weight is 316 g/mol. The number of nitrogens with zero attached hydrogens (tertiary/aromatic N) is 1. The van der Waals surface area contributed by atoms with Crippen molar-refractivity contribution in [3.63, 3.8) is 0 Å². The number of halogens is 1. The Hall–Kier alpha value is -0.580. The maximum absolute atomic E-state index is 12.5. The van der Waals surface area contributed by atoms with Gasteiger partial charge in [-0.2, -0.15) is 0 Å². The minimum absolute atomic E-state index is 0.138. The molecule has 2 rings (SSSR count). The fourth-order valence-corrected chi connectivity index (χ4v) is 4.71. The summed E-state index contributed by atoms with van der Waals surface area (Å²) in [6, 6.07) is 4.12. The fourth-order valence-electron chi connectivity index (χ4n) is 2.55. The molecule has 112 valence electrons. The Morgan fingerprint density at radius 2 is 1.85 bits per heavy atom. The summed E-state index contributed by atoms with van der Waals surface area (Å²) < 4.78 is 24.9. The summed E-state index contributed by atoms with van der Waals surface area (Å²) in [5.41, 5.74) is 1.93. The van der Waals surface area contributed by atoms with Crippen LogP contribution < -0.4 is 0 Å². The molecule has 0 atom stereocenters. The lowest BCUT2D eigenvalue weighted by atomic mass is 10.0. The highest BCUT2D eigenvalue weighted by Crippen LogP contribution is 2.33. The highest BCUT2D eigenvalue weighted by atomic mass is 35.5. The highest BCUT2D eigenvalue weighted by molar-refractivity contribution is 7.91. The van der Waals surface area contributed by atoms with Crippen molar-refractivity contribution in [2.24, 2.45) is 0 Å². The van der Waals surface area contributed by atoms with Crippen LogP contribution in [-0.4, -0.2) is 31.7 Å². The van der Waals surface area contributed by atoms with Crippen LogP contribution in [-0.2, 0) is 16.4 Å². The zero-order chi connectivity index (χ0) is 15.1. The summed E-state index contributed by atoms with van der Waals surface area (Å²) in [5.74, 6) is 0.468. The van der Waals surface area contributed by atoms with Crippen molar-refractivity contribution in [3.8, 4) is 0 Å². The predicted molar refractivity (Wildman–Crippen MR) is 83.1 cm³/mol. The van der Waals surface area contributed by atoms with Crippen LogP contribution in [0, 0.1) is 0 Å². The Bertz CT molecular complexity index is 609. The molecule has 0 aliphatic carbocycles. The Labute approximate surface area is 126 Å². The van der Waals surface area contributed by atoms with Crippen molar-refractivity contribution in [1.29, 1.82) is 0 Å². The van der Waals surface area contributed by atoms with Crippen molar-refractivity contribution >= 4 is 21.4 Å². The van der Waals surface area contributed by atoms with Gasteiger partial charge >= 0.3 is 0 Å². The molecule has 0 saturated carbocycles. The van der Waals surface area contributed by atoms with Gasteiger partial charge in [0, 0.05) is 19.1 Å². The number of sulfone groups is 1. The molecule has 1 aliphatic heterocycles. The second kappa shape index (κ2) is 5.66. The van der Waals surface area contributed by atoms with Crippen LogP contribution in [0.3, 0.4) is 0 Å². The van der Waals surface area contributed by atoms with Gasteiger partial charge in [0.05, 0.1) is 15.7 Å². The van der Waals surface area contributed by atoms with E-state index >= 15 is 0 Å². The molecule has 0 spiro atoms. The second-order valence-corrected chi connectivity index (χ2v) is 8.48. The molecule has 0 aromatic heterocycles. The second-order valence-electron chi connectivity index (χ2n) is 6.03. The third-order valence-electron chi connectivity index (χ3n) is 3.87. The van der Waals surface area contributed by atoms with Crippen LogP contribution in [0.2, 0.25) is 5.02 Å². The van der Waals surface area contributed by atoms with Gasteiger partial charge in [-0.25, -0.2) is 8.42 Å². The quantitative estimate of drug-likeness (QED) is 0.838. The molecule has 0 amide bonds. The predicted octanol–water partition coefficient (Wildman–Crippen LogP) is 3.46. The molecule has 0 N–H and O–H groups in total. The van der Waals surface area contributed by atoms with E-state index in [9.17, 15) is 8.42 Å². The number of benzene rings is 1. The molecule has 1 aromatic carbocycles. The standard InChI is InChI=1S/C15H22ClNO2S/c1-10(2)12-7-13-9-17(11(3)4)5-6-20(18,19)15(13)14(16)8-12/h7-8,10-11H,5-6,9H2,1-4H3. The van der Waals surface area contributed by atoms with Gasteiger partial charge < -0.3 is 0 Å². The van der Waals surface area contributed by atoms with Crippen LogP contribution in [0.5, 0.6) is 0 Å². The van der Waals surface area contributed by atoms with Gasteiger partial charge in [0.15, 0.2) is 9.84 Å². The third kappa shape index (κ3) is 3.02. The van der Waals surface area contributed by atoms with Gasteiger partial charge in [-0.15, -0.1) is 0 Å². The van der Waals surface area contributed by atoms with E-state index in [1.807, 2.05) is 6.07 Å². The fraction of sp³-hybridized carbons (Fsp3) is 0.600. The van der Waals surface area contributed by atoms with E-state index in [-0.39, 0.29) is 5.75 Å². The zero-order valence-electron chi connectivity index (χ0n) is 12.5. The van der Waals surface area contributed by atoms with Crippen LogP contribution in [0.25, 0.3) is 0 Å². The monoisotopic (exact) mass is 315 g/mol. The SMILES string of the molecule is CC(C)c1cc(Cl)c2c(c1)CN(C(C)C)CCS2(=O)=O. The van der Waals surface area contributed by atoms with E-state index in [1.54, 1.807) is 6.07 Å². The largest absolute Gasteiger partial charge is 0.296 e. The smallest absolute Gasteiger partial charge is 0.181 e. The molecule has 1 aliphatic rings. The van der Waals surface area contributed by atoms with Crippen LogP contribution in [0.1, 0.15) is 44.7 Å². The van der Waals surface area contributed by atoms with Gasteiger partial charge in [0.2, 0.25) is 0 Å². The first-order chi connectivity index (χ1) is 9.22. The molecule has 0 radical (unpaired) electrons. The Balaban J connectivity index is 2.61. The van der Waals surface area contributed by atoms with E-state index in [2.05, 4.69) is 32.6 Å². The van der Waals surface area contributed by atoms with E-state index in [0.29, 0.717) is 35.0 Å². The molecule has 1 heterocycles. The normalized spacial score (nSPS) is 19.1. The first-order valence-electron chi connectivity index (χ1n) is 7.01. The summed E-state index contributed by atoms with van der Waals surface area (Å²) in [6.45, 7) is 9.55. The number of hydrogen-bond acceptors (Lipinski definition) is 3. The van der Waals surface area contributed by atoms with Crippen LogP contribution >= 0.6 is 11.6 Å².